The molecule has 0 aliphatic heterocycles. The molecule has 0 bridgehead atoms. The Morgan fingerprint density at radius 3 is 2.62 bits per heavy atom. The Kier molecular flexibility index (Phi) is 5.90. The first-order chi connectivity index (χ1) is 10.1. The Morgan fingerprint density at radius 1 is 1.14 bits per heavy atom. The summed E-state index contributed by atoms with van der Waals surface area (Å²) in [4.78, 5) is 15.7. The first-order valence-electron chi connectivity index (χ1n) is 6.45. The Balaban J connectivity index is 1.76. The molecule has 110 valence electrons. The minimum absolute atomic E-state index is 0.261. The van der Waals surface area contributed by atoms with Gasteiger partial charge in [0.05, 0.1) is 0 Å². The molecule has 0 saturated carbocycles. The molecule has 0 aliphatic carbocycles. The van der Waals surface area contributed by atoms with E-state index in [-0.39, 0.29) is 16.8 Å². The molecule has 2 aromatic rings. The van der Waals surface area contributed by atoms with Crippen LogP contribution in [0.15, 0.2) is 48.5 Å². The summed E-state index contributed by atoms with van der Waals surface area (Å²) in [6.07, 6.45) is 0. The highest BCUT2D eigenvalue weighted by atomic mass is 35.5. The monoisotopic (exact) mass is 322 g/mol. The quantitative estimate of drug-likeness (QED) is 0.831. The number of benzene rings is 1. The summed E-state index contributed by atoms with van der Waals surface area (Å²) in [5.74, 6) is 0.585. The van der Waals surface area contributed by atoms with Crippen molar-refractivity contribution in [3.05, 3.63) is 64.9 Å². The number of hydrogen-bond acceptors (Lipinski definition) is 3. The van der Waals surface area contributed by atoms with Crippen molar-refractivity contribution >= 4 is 28.3 Å². The van der Waals surface area contributed by atoms with Gasteiger partial charge < -0.3 is 5.32 Å². The summed E-state index contributed by atoms with van der Waals surface area (Å²) in [5, 5.41) is 2.96. The molecule has 0 fully saturated rings. The third kappa shape index (κ3) is 5.28. The zero-order chi connectivity index (χ0) is 15.1. The molecule has 0 unspecified atom stereocenters. The molecule has 1 amide bonds. The molecule has 21 heavy (non-hydrogen) atoms. The molecule has 1 aromatic carbocycles. The third-order valence-corrected chi connectivity index (χ3v) is 4.26. The lowest BCUT2D eigenvalue weighted by Gasteiger charge is -2.05. The van der Waals surface area contributed by atoms with Crippen LogP contribution in [0.25, 0.3) is 0 Å². The fourth-order valence-corrected chi connectivity index (χ4v) is 2.94. The lowest BCUT2D eigenvalue weighted by molar-refractivity contribution is 0.0951. The van der Waals surface area contributed by atoms with Crippen molar-refractivity contribution < 1.29 is 9.00 Å². The lowest BCUT2D eigenvalue weighted by atomic mass is 10.2. The van der Waals surface area contributed by atoms with E-state index in [1.54, 1.807) is 18.2 Å². The third-order valence-electron chi connectivity index (χ3n) is 2.73. The van der Waals surface area contributed by atoms with Gasteiger partial charge in [0.25, 0.3) is 5.91 Å². The number of nitrogens with one attached hydrogen (secondary N) is 1. The van der Waals surface area contributed by atoms with Gasteiger partial charge >= 0.3 is 0 Å². The molecule has 4 nitrogen and oxygen atoms in total. The van der Waals surface area contributed by atoms with Crippen molar-refractivity contribution in [3.8, 4) is 0 Å². The molecule has 1 N–H and O–H groups in total. The Bertz CT molecular complexity index is 635. The van der Waals surface area contributed by atoms with E-state index in [2.05, 4.69) is 10.3 Å². The van der Waals surface area contributed by atoms with Gasteiger partial charge in [-0.1, -0.05) is 48.0 Å². The average Bonchev–Trinajstić information content (AvgIpc) is 2.48. The second-order valence-electron chi connectivity index (χ2n) is 4.38. The number of nitrogens with zero attached hydrogens (tertiary/aromatic N) is 1. The van der Waals surface area contributed by atoms with Crippen LogP contribution in [-0.4, -0.2) is 27.4 Å². The summed E-state index contributed by atoms with van der Waals surface area (Å²) in [6.45, 7) is 0.340. The van der Waals surface area contributed by atoms with Gasteiger partial charge in [0.2, 0.25) is 0 Å². The molecule has 6 heteroatoms. The number of pyridine rings is 1. The average molecular weight is 323 g/mol. The van der Waals surface area contributed by atoms with Crippen LogP contribution in [0.3, 0.4) is 0 Å². The Morgan fingerprint density at radius 2 is 1.90 bits per heavy atom. The van der Waals surface area contributed by atoms with Crippen molar-refractivity contribution in [1.82, 2.24) is 10.3 Å². The fraction of sp³-hybridized carbons (Fsp3) is 0.200. The van der Waals surface area contributed by atoms with Crippen molar-refractivity contribution in [2.75, 3.05) is 12.3 Å². The van der Waals surface area contributed by atoms with Gasteiger partial charge in [-0.15, -0.1) is 0 Å². The zero-order valence-corrected chi connectivity index (χ0v) is 12.9. The second-order valence-corrected chi connectivity index (χ2v) is 6.34. The van der Waals surface area contributed by atoms with Crippen molar-refractivity contribution in [1.29, 1.82) is 0 Å². The number of aromatic nitrogens is 1. The molecule has 0 radical (unpaired) electrons. The van der Waals surface area contributed by atoms with Crippen LogP contribution in [0.1, 0.15) is 16.1 Å². The molecule has 0 spiro atoms. The van der Waals surface area contributed by atoms with E-state index in [1.807, 2.05) is 30.3 Å². The van der Waals surface area contributed by atoms with E-state index in [9.17, 15) is 9.00 Å². The van der Waals surface area contributed by atoms with E-state index in [0.29, 0.717) is 18.1 Å². The highest BCUT2D eigenvalue weighted by Gasteiger charge is 2.08. The van der Waals surface area contributed by atoms with Crippen LogP contribution >= 0.6 is 11.6 Å². The molecule has 0 aliphatic rings. The maximum Gasteiger partial charge on any atom is 0.269 e. The zero-order valence-electron chi connectivity index (χ0n) is 11.3. The molecule has 2 rings (SSSR count). The van der Waals surface area contributed by atoms with E-state index in [0.717, 1.165) is 5.56 Å². The number of carbonyl (C=O) groups excluding carboxylic acids is 1. The van der Waals surface area contributed by atoms with Gasteiger partial charge in [0.15, 0.2) is 0 Å². The topological polar surface area (TPSA) is 59.1 Å². The number of carbonyl (C=O) groups is 1. The van der Waals surface area contributed by atoms with Gasteiger partial charge in [-0.2, -0.15) is 0 Å². The minimum Gasteiger partial charge on any atom is -0.350 e. The predicted octanol–water partition coefficient (Wildman–Crippen LogP) is 2.41. The van der Waals surface area contributed by atoms with E-state index >= 15 is 0 Å². The number of hydrogen-bond donors (Lipinski definition) is 1. The Labute approximate surface area is 131 Å². The van der Waals surface area contributed by atoms with E-state index < -0.39 is 10.8 Å². The summed E-state index contributed by atoms with van der Waals surface area (Å²) in [5.41, 5.74) is 1.29. The number of amides is 1. The SMILES string of the molecule is O=C(NCC[S@](=O)Cc1ccccc1)c1cccc(Cl)n1. The second kappa shape index (κ2) is 7.90. The van der Waals surface area contributed by atoms with Gasteiger partial charge in [0.1, 0.15) is 10.8 Å². The molecule has 1 aromatic heterocycles. The van der Waals surface area contributed by atoms with Crippen LogP contribution in [-0.2, 0) is 16.6 Å². The molecular formula is C15H15ClN2O2S. The van der Waals surface area contributed by atoms with Crippen LogP contribution in [0.4, 0.5) is 0 Å². The number of halogens is 1. The maximum absolute atomic E-state index is 11.9. The summed E-state index contributed by atoms with van der Waals surface area (Å²) < 4.78 is 11.9. The highest BCUT2D eigenvalue weighted by Crippen LogP contribution is 2.05. The predicted molar refractivity (Wildman–Crippen MR) is 84.7 cm³/mol. The van der Waals surface area contributed by atoms with Gasteiger partial charge in [-0.25, -0.2) is 4.98 Å². The van der Waals surface area contributed by atoms with E-state index in [4.69, 9.17) is 11.6 Å². The summed E-state index contributed by atoms with van der Waals surface area (Å²) in [6, 6.07) is 14.5. The first-order valence-corrected chi connectivity index (χ1v) is 8.31. The van der Waals surface area contributed by atoms with Gasteiger partial charge in [-0.3, -0.25) is 9.00 Å². The molecular weight excluding hydrogens is 308 g/mol. The summed E-state index contributed by atoms with van der Waals surface area (Å²) in [7, 11) is -1.01. The smallest absolute Gasteiger partial charge is 0.269 e. The van der Waals surface area contributed by atoms with Crippen LogP contribution in [0, 0.1) is 0 Å². The fourth-order valence-electron chi connectivity index (χ4n) is 1.74. The largest absolute Gasteiger partial charge is 0.350 e. The van der Waals surface area contributed by atoms with Crippen molar-refractivity contribution in [2.45, 2.75) is 5.75 Å². The van der Waals surface area contributed by atoms with Crippen LogP contribution < -0.4 is 5.32 Å². The van der Waals surface area contributed by atoms with Crippen molar-refractivity contribution in [2.24, 2.45) is 0 Å². The summed E-state index contributed by atoms with van der Waals surface area (Å²) >= 11 is 5.72. The lowest BCUT2D eigenvalue weighted by Crippen LogP contribution is -2.28. The van der Waals surface area contributed by atoms with Crippen LogP contribution in [0.5, 0.6) is 0 Å². The maximum atomic E-state index is 11.9. The number of rotatable bonds is 6. The van der Waals surface area contributed by atoms with Crippen LogP contribution in [0.2, 0.25) is 5.15 Å². The highest BCUT2D eigenvalue weighted by molar-refractivity contribution is 7.84. The first kappa shape index (κ1) is 15.7. The molecule has 1 atom stereocenters. The normalized spacial score (nSPS) is 11.9. The Hall–Kier alpha value is -1.72. The molecule has 1 heterocycles. The van der Waals surface area contributed by atoms with Crippen molar-refractivity contribution in [3.63, 3.8) is 0 Å². The van der Waals surface area contributed by atoms with Gasteiger partial charge in [0, 0.05) is 28.9 Å². The van der Waals surface area contributed by atoms with E-state index in [1.165, 1.54) is 0 Å². The standard InChI is InChI=1S/C15H15ClN2O2S/c16-14-8-4-7-13(18-14)15(19)17-9-10-21(20)11-12-5-2-1-3-6-12/h1-8H,9-11H2,(H,17,19)/t21-/m0/s1. The minimum atomic E-state index is -1.01. The van der Waals surface area contributed by atoms with Gasteiger partial charge in [-0.05, 0) is 17.7 Å². The molecule has 0 saturated heterocycles.